The number of sulfonamides is 1. The lowest BCUT2D eigenvalue weighted by Crippen LogP contribution is -2.46. The number of halogens is 3. The van der Waals surface area contributed by atoms with Gasteiger partial charge in [0.2, 0.25) is 10.0 Å². The minimum Gasteiger partial charge on any atom is -0.406 e. The van der Waals surface area contributed by atoms with Crippen molar-refractivity contribution < 1.29 is 35.9 Å². The van der Waals surface area contributed by atoms with Crippen LogP contribution in [0.3, 0.4) is 0 Å². The van der Waals surface area contributed by atoms with E-state index in [1.54, 1.807) is 0 Å². The van der Waals surface area contributed by atoms with Crippen molar-refractivity contribution in [2.45, 2.75) is 43.0 Å². The molecule has 2 aliphatic rings. The van der Waals surface area contributed by atoms with Gasteiger partial charge in [0.15, 0.2) is 5.78 Å². The van der Waals surface area contributed by atoms with Gasteiger partial charge < -0.3 is 9.47 Å². The smallest absolute Gasteiger partial charge is 0.406 e. The second-order valence-corrected chi connectivity index (χ2v) is 8.47. The van der Waals surface area contributed by atoms with E-state index in [2.05, 4.69) is 4.74 Å². The Morgan fingerprint density at radius 2 is 1.88 bits per heavy atom. The van der Waals surface area contributed by atoms with E-state index >= 15 is 0 Å². The molecule has 26 heavy (non-hydrogen) atoms. The van der Waals surface area contributed by atoms with Gasteiger partial charge in [-0.15, -0.1) is 13.2 Å². The number of nitrogens with zero attached hydrogens (tertiary/aromatic N) is 1. The van der Waals surface area contributed by atoms with E-state index in [9.17, 15) is 26.4 Å². The summed E-state index contributed by atoms with van der Waals surface area (Å²) >= 11 is 0. The molecule has 0 aromatic heterocycles. The monoisotopic (exact) mass is 393 g/mol. The molecule has 0 aliphatic carbocycles. The summed E-state index contributed by atoms with van der Waals surface area (Å²) in [6, 6.07) is 3.15. The average Bonchev–Trinajstić information content (AvgIpc) is 2.86. The Morgan fingerprint density at radius 1 is 1.23 bits per heavy atom. The minimum absolute atomic E-state index is 0.0115. The highest BCUT2D eigenvalue weighted by atomic mass is 32.2. The quantitative estimate of drug-likeness (QED) is 0.789. The highest BCUT2D eigenvalue weighted by Crippen LogP contribution is 2.36. The summed E-state index contributed by atoms with van der Waals surface area (Å²) in [5, 5.41) is 0. The van der Waals surface area contributed by atoms with E-state index in [4.69, 9.17) is 4.74 Å². The maximum atomic E-state index is 12.8. The normalized spacial score (nSPS) is 21.3. The maximum Gasteiger partial charge on any atom is 0.573 e. The zero-order chi connectivity index (χ0) is 19.2. The zero-order valence-electron chi connectivity index (χ0n) is 14.0. The van der Waals surface area contributed by atoms with Crippen molar-refractivity contribution in [2.24, 2.45) is 0 Å². The number of piperidine rings is 1. The third kappa shape index (κ3) is 3.86. The molecule has 1 spiro atoms. The van der Waals surface area contributed by atoms with E-state index in [1.165, 1.54) is 11.2 Å². The molecule has 1 aromatic carbocycles. The Bertz CT molecular complexity index is 814. The SMILES string of the molecule is Cc1cc(OC(F)(F)F)ccc1S(=O)(=O)N1CCC2(CC1)CC(=O)CO2. The van der Waals surface area contributed by atoms with Crippen LogP contribution in [0, 0.1) is 6.92 Å². The van der Waals surface area contributed by atoms with Crippen molar-refractivity contribution in [1.82, 2.24) is 4.31 Å². The van der Waals surface area contributed by atoms with Crippen LogP contribution < -0.4 is 4.74 Å². The molecule has 0 unspecified atom stereocenters. The minimum atomic E-state index is -4.84. The van der Waals surface area contributed by atoms with Gasteiger partial charge in [-0.2, -0.15) is 4.31 Å². The molecule has 10 heteroatoms. The van der Waals surface area contributed by atoms with Crippen LogP contribution in [-0.2, 0) is 19.6 Å². The highest BCUT2D eigenvalue weighted by molar-refractivity contribution is 7.89. The summed E-state index contributed by atoms with van der Waals surface area (Å²) in [6.45, 7) is 1.86. The van der Waals surface area contributed by atoms with E-state index in [-0.39, 0.29) is 35.9 Å². The third-order valence-electron chi connectivity index (χ3n) is 4.69. The number of hydrogen-bond acceptors (Lipinski definition) is 5. The fourth-order valence-electron chi connectivity index (χ4n) is 3.40. The Kier molecular flexibility index (Phi) is 4.78. The number of alkyl halides is 3. The lowest BCUT2D eigenvalue weighted by atomic mass is 9.89. The van der Waals surface area contributed by atoms with Crippen molar-refractivity contribution in [3.8, 4) is 5.75 Å². The standard InChI is InChI=1S/C16H18F3NO5S/c1-11-8-13(25-16(17,18)19)2-3-14(11)26(22,23)20-6-4-15(5-7-20)9-12(21)10-24-15/h2-3,8H,4-7,9-10H2,1H3. The second-order valence-electron chi connectivity index (χ2n) is 6.57. The Balaban J connectivity index is 1.75. The summed E-state index contributed by atoms with van der Waals surface area (Å²) in [5.74, 6) is -0.457. The molecule has 2 aliphatic heterocycles. The number of ketones is 1. The second kappa shape index (κ2) is 6.50. The van der Waals surface area contributed by atoms with E-state index < -0.39 is 27.7 Å². The molecule has 2 heterocycles. The number of aryl methyl sites for hydroxylation is 1. The fraction of sp³-hybridized carbons (Fsp3) is 0.562. The molecular formula is C16H18F3NO5S. The molecule has 2 fully saturated rings. The summed E-state index contributed by atoms with van der Waals surface area (Å²) < 4.78 is 73.2. The molecule has 6 nitrogen and oxygen atoms in total. The summed E-state index contributed by atoms with van der Waals surface area (Å²) in [7, 11) is -3.86. The van der Waals surface area contributed by atoms with Crippen molar-refractivity contribution in [3.63, 3.8) is 0 Å². The molecule has 1 aromatic rings. The Morgan fingerprint density at radius 3 is 2.38 bits per heavy atom. The first-order chi connectivity index (χ1) is 12.0. The van der Waals surface area contributed by atoms with Crippen molar-refractivity contribution in [1.29, 1.82) is 0 Å². The average molecular weight is 393 g/mol. The third-order valence-corrected chi connectivity index (χ3v) is 6.75. The summed E-state index contributed by atoms with van der Waals surface area (Å²) in [5.41, 5.74) is -0.415. The van der Waals surface area contributed by atoms with Crippen LogP contribution in [0.5, 0.6) is 5.75 Å². The first-order valence-corrected chi connectivity index (χ1v) is 9.47. The largest absolute Gasteiger partial charge is 0.573 e. The number of carbonyl (C=O) groups excluding carboxylic acids is 1. The van der Waals surface area contributed by atoms with E-state index in [0.29, 0.717) is 19.3 Å². The predicted octanol–water partition coefficient (Wildman–Crippen LogP) is 2.41. The molecule has 0 N–H and O–H groups in total. The molecule has 0 saturated carbocycles. The molecule has 0 amide bonds. The van der Waals surface area contributed by atoms with Crippen LogP contribution in [-0.4, -0.2) is 50.2 Å². The van der Waals surface area contributed by atoms with Gasteiger partial charge in [-0.3, -0.25) is 4.79 Å². The molecule has 2 saturated heterocycles. The van der Waals surface area contributed by atoms with Crippen LogP contribution >= 0.6 is 0 Å². The molecule has 3 rings (SSSR count). The molecule has 0 bridgehead atoms. The van der Waals surface area contributed by atoms with Gasteiger partial charge in [-0.05, 0) is 43.5 Å². The van der Waals surface area contributed by atoms with Crippen LogP contribution in [0.1, 0.15) is 24.8 Å². The van der Waals surface area contributed by atoms with Crippen LogP contribution in [0.15, 0.2) is 23.1 Å². The summed E-state index contributed by atoms with van der Waals surface area (Å²) in [4.78, 5) is 11.4. The topological polar surface area (TPSA) is 72.9 Å². The van der Waals surface area contributed by atoms with E-state index in [1.807, 2.05) is 0 Å². The number of rotatable bonds is 3. The predicted molar refractivity (Wildman–Crippen MR) is 84.2 cm³/mol. The lowest BCUT2D eigenvalue weighted by molar-refractivity contribution is -0.274. The Hall–Kier alpha value is -1.65. The Labute approximate surface area is 148 Å². The van der Waals surface area contributed by atoms with Crippen LogP contribution in [0.25, 0.3) is 0 Å². The zero-order valence-corrected chi connectivity index (χ0v) is 14.8. The molecule has 0 atom stereocenters. The first-order valence-electron chi connectivity index (χ1n) is 8.03. The maximum absolute atomic E-state index is 12.8. The van der Waals surface area contributed by atoms with Crippen LogP contribution in [0.2, 0.25) is 0 Å². The number of carbonyl (C=O) groups is 1. The molecule has 0 radical (unpaired) electrons. The van der Waals surface area contributed by atoms with Crippen LogP contribution in [0.4, 0.5) is 13.2 Å². The van der Waals surface area contributed by atoms with Gasteiger partial charge in [0.1, 0.15) is 12.4 Å². The number of ether oxygens (including phenoxy) is 2. The number of benzene rings is 1. The van der Waals surface area contributed by atoms with Gasteiger partial charge in [-0.25, -0.2) is 8.42 Å². The van der Waals surface area contributed by atoms with Gasteiger partial charge in [0.05, 0.1) is 10.5 Å². The molecule has 144 valence electrons. The van der Waals surface area contributed by atoms with Gasteiger partial charge >= 0.3 is 6.36 Å². The fourth-order valence-corrected chi connectivity index (χ4v) is 5.04. The van der Waals surface area contributed by atoms with Crippen molar-refractivity contribution in [3.05, 3.63) is 23.8 Å². The van der Waals surface area contributed by atoms with Crippen molar-refractivity contribution in [2.75, 3.05) is 19.7 Å². The molecular weight excluding hydrogens is 375 g/mol. The summed E-state index contributed by atoms with van der Waals surface area (Å²) in [6.07, 6.45) is -3.73. The lowest BCUT2D eigenvalue weighted by Gasteiger charge is -2.37. The van der Waals surface area contributed by atoms with Gasteiger partial charge in [0, 0.05) is 19.5 Å². The highest BCUT2D eigenvalue weighted by Gasteiger charge is 2.44. The number of hydrogen-bond donors (Lipinski definition) is 0. The first kappa shape index (κ1) is 19.1. The van der Waals surface area contributed by atoms with E-state index in [0.717, 1.165) is 18.2 Å². The number of Topliss-reactive ketones (excluding diaryl/α,β-unsaturated/α-hetero) is 1. The van der Waals surface area contributed by atoms with Gasteiger partial charge in [-0.1, -0.05) is 0 Å². The van der Waals surface area contributed by atoms with Gasteiger partial charge in [0.25, 0.3) is 0 Å². The van der Waals surface area contributed by atoms with Crippen molar-refractivity contribution >= 4 is 15.8 Å².